The number of aryl methyl sites for hydroxylation is 1. The zero-order valence-electron chi connectivity index (χ0n) is 15.6. The topological polar surface area (TPSA) is 49.0 Å². The molecule has 1 aliphatic heterocycles. The average molecular weight is 380 g/mol. The number of hydrogen-bond donors (Lipinski definition) is 1. The molecule has 1 atom stereocenters. The SMILES string of the molecule is Cc1ccc(CSCC(=O)N2CCCC(c3nc4ccccc4[nH]3)C2)cc1. The summed E-state index contributed by atoms with van der Waals surface area (Å²) < 4.78 is 0. The van der Waals surface area contributed by atoms with Crippen LogP contribution in [0, 0.1) is 6.92 Å². The largest absolute Gasteiger partial charge is 0.342 e. The molecule has 5 heteroatoms. The van der Waals surface area contributed by atoms with Gasteiger partial charge >= 0.3 is 0 Å². The minimum absolute atomic E-state index is 0.243. The van der Waals surface area contributed by atoms with Crippen LogP contribution in [0.25, 0.3) is 11.0 Å². The van der Waals surface area contributed by atoms with Crippen molar-refractivity contribution in [1.29, 1.82) is 0 Å². The van der Waals surface area contributed by atoms with E-state index in [-0.39, 0.29) is 5.91 Å². The number of benzene rings is 2. The van der Waals surface area contributed by atoms with Crippen molar-refractivity contribution in [3.8, 4) is 0 Å². The molecule has 4 nitrogen and oxygen atoms in total. The number of piperidine rings is 1. The van der Waals surface area contributed by atoms with E-state index in [9.17, 15) is 4.79 Å². The maximum Gasteiger partial charge on any atom is 0.232 e. The lowest BCUT2D eigenvalue weighted by atomic mass is 9.97. The van der Waals surface area contributed by atoms with E-state index in [0.29, 0.717) is 11.7 Å². The molecule has 4 rings (SSSR count). The van der Waals surface area contributed by atoms with E-state index >= 15 is 0 Å². The number of aromatic nitrogens is 2. The molecule has 0 spiro atoms. The Morgan fingerprint density at radius 1 is 1.22 bits per heavy atom. The number of rotatable bonds is 5. The summed E-state index contributed by atoms with van der Waals surface area (Å²) >= 11 is 1.70. The number of hydrogen-bond acceptors (Lipinski definition) is 3. The van der Waals surface area contributed by atoms with E-state index in [0.717, 1.165) is 48.5 Å². The molecule has 1 saturated heterocycles. The van der Waals surface area contributed by atoms with E-state index in [1.807, 2.05) is 23.1 Å². The van der Waals surface area contributed by atoms with E-state index in [1.54, 1.807) is 11.8 Å². The first-order valence-electron chi connectivity index (χ1n) is 9.55. The molecule has 140 valence electrons. The van der Waals surface area contributed by atoms with Crippen LogP contribution in [0.15, 0.2) is 48.5 Å². The van der Waals surface area contributed by atoms with Crippen LogP contribution in [0.4, 0.5) is 0 Å². The third-order valence-electron chi connectivity index (χ3n) is 5.18. The van der Waals surface area contributed by atoms with Gasteiger partial charge in [0.1, 0.15) is 5.82 Å². The number of H-pyrrole nitrogens is 1. The fraction of sp³-hybridized carbons (Fsp3) is 0.364. The fourth-order valence-electron chi connectivity index (χ4n) is 3.62. The van der Waals surface area contributed by atoms with Crippen molar-refractivity contribution < 1.29 is 4.79 Å². The summed E-state index contributed by atoms with van der Waals surface area (Å²) in [6.07, 6.45) is 2.12. The summed E-state index contributed by atoms with van der Waals surface area (Å²) in [5.41, 5.74) is 4.62. The minimum atomic E-state index is 0.243. The molecular weight excluding hydrogens is 354 g/mol. The summed E-state index contributed by atoms with van der Waals surface area (Å²) in [5.74, 6) is 2.99. The number of imidazole rings is 1. The van der Waals surface area contributed by atoms with E-state index < -0.39 is 0 Å². The highest BCUT2D eigenvalue weighted by molar-refractivity contribution is 7.99. The van der Waals surface area contributed by atoms with Gasteiger partial charge < -0.3 is 9.88 Å². The Morgan fingerprint density at radius 2 is 2.04 bits per heavy atom. The van der Waals surface area contributed by atoms with Gasteiger partial charge in [0.05, 0.1) is 16.8 Å². The van der Waals surface area contributed by atoms with E-state index in [2.05, 4.69) is 42.2 Å². The summed E-state index contributed by atoms with van der Waals surface area (Å²) in [6.45, 7) is 3.72. The minimum Gasteiger partial charge on any atom is -0.342 e. The predicted octanol–water partition coefficient (Wildman–Crippen LogP) is 4.51. The van der Waals surface area contributed by atoms with Crippen molar-refractivity contribution in [1.82, 2.24) is 14.9 Å². The van der Waals surface area contributed by atoms with Crippen LogP contribution in [-0.2, 0) is 10.5 Å². The number of likely N-dealkylation sites (tertiary alicyclic amines) is 1. The van der Waals surface area contributed by atoms with Gasteiger partial charge in [-0.3, -0.25) is 4.79 Å². The van der Waals surface area contributed by atoms with Crippen LogP contribution >= 0.6 is 11.8 Å². The van der Waals surface area contributed by atoms with Gasteiger partial charge in [-0.15, -0.1) is 11.8 Å². The number of amides is 1. The molecule has 1 unspecified atom stereocenters. The molecule has 0 radical (unpaired) electrons. The van der Waals surface area contributed by atoms with Crippen molar-refractivity contribution >= 4 is 28.7 Å². The fourth-order valence-corrected chi connectivity index (χ4v) is 4.51. The number of carbonyl (C=O) groups excluding carboxylic acids is 1. The van der Waals surface area contributed by atoms with Crippen LogP contribution in [0.5, 0.6) is 0 Å². The molecular formula is C22H25N3OS. The number of thioether (sulfide) groups is 1. The van der Waals surface area contributed by atoms with Gasteiger partial charge in [0, 0.05) is 24.8 Å². The molecule has 1 N–H and O–H groups in total. The quantitative estimate of drug-likeness (QED) is 0.709. The van der Waals surface area contributed by atoms with Gasteiger partial charge in [-0.25, -0.2) is 4.98 Å². The Kier molecular flexibility index (Phi) is 5.48. The van der Waals surface area contributed by atoms with Crippen LogP contribution in [0.2, 0.25) is 0 Å². The van der Waals surface area contributed by atoms with Gasteiger partial charge in [-0.1, -0.05) is 42.0 Å². The van der Waals surface area contributed by atoms with E-state index in [4.69, 9.17) is 4.98 Å². The number of nitrogens with one attached hydrogen (secondary N) is 1. The highest BCUT2D eigenvalue weighted by Crippen LogP contribution is 2.27. The number of fused-ring (bicyclic) bond motifs is 1. The molecule has 1 amide bonds. The van der Waals surface area contributed by atoms with Gasteiger partial charge in [0.15, 0.2) is 0 Å². The lowest BCUT2D eigenvalue weighted by Gasteiger charge is -2.31. The van der Waals surface area contributed by atoms with Crippen LogP contribution in [-0.4, -0.2) is 39.6 Å². The number of carbonyl (C=O) groups is 1. The van der Waals surface area contributed by atoms with Crippen molar-refractivity contribution in [3.63, 3.8) is 0 Å². The summed E-state index contributed by atoms with van der Waals surface area (Å²) in [6, 6.07) is 16.7. The van der Waals surface area contributed by atoms with Gasteiger partial charge in [-0.05, 0) is 37.5 Å². The van der Waals surface area contributed by atoms with Crippen LogP contribution in [0.3, 0.4) is 0 Å². The van der Waals surface area contributed by atoms with Crippen molar-refractivity contribution in [2.24, 2.45) is 0 Å². The molecule has 2 heterocycles. The Hall–Kier alpha value is -2.27. The summed E-state index contributed by atoms with van der Waals surface area (Å²) in [5, 5.41) is 0. The molecule has 2 aromatic carbocycles. The maximum atomic E-state index is 12.7. The van der Waals surface area contributed by atoms with Crippen molar-refractivity contribution in [3.05, 3.63) is 65.5 Å². The lowest BCUT2D eigenvalue weighted by Crippen LogP contribution is -2.40. The van der Waals surface area contributed by atoms with Gasteiger partial charge in [-0.2, -0.15) is 0 Å². The molecule has 0 saturated carbocycles. The Bertz CT molecular complexity index is 886. The number of nitrogens with zero attached hydrogens (tertiary/aromatic N) is 2. The molecule has 27 heavy (non-hydrogen) atoms. The Balaban J connectivity index is 1.33. The third-order valence-corrected chi connectivity index (χ3v) is 6.17. The summed E-state index contributed by atoms with van der Waals surface area (Å²) in [4.78, 5) is 22.9. The zero-order valence-corrected chi connectivity index (χ0v) is 16.5. The maximum absolute atomic E-state index is 12.7. The molecule has 3 aromatic rings. The Labute approximate surface area is 164 Å². The second kappa shape index (κ2) is 8.17. The summed E-state index contributed by atoms with van der Waals surface area (Å²) in [7, 11) is 0. The second-order valence-corrected chi connectivity index (χ2v) is 8.28. The molecule has 1 aliphatic rings. The monoisotopic (exact) mass is 379 g/mol. The van der Waals surface area contributed by atoms with Crippen LogP contribution < -0.4 is 0 Å². The second-order valence-electron chi connectivity index (χ2n) is 7.30. The normalized spacial score (nSPS) is 17.4. The zero-order chi connectivity index (χ0) is 18.6. The highest BCUT2D eigenvalue weighted by atomic mass is 32.2. The third kappa shape index (κ3) is 4.35. The average Bonchev–Trinajstić information content (AvgIpc) is 3.14. The molecule has 0 bridgehead atoms. The van der Waals surface area contributed by atoms with Crippen molar-refractivity contribution in [2.45, 2.75) is 31.4 Å². The Morgan fingerprint density at radius 3 is 2.85 bits per heavy atom. The van der Waals surface area contributed by atoms with Gasteiger partial charge in [0.2, 0.25) is 5.91 Å². The van der Waals surface area contributed by atoms with E-state index in [1.165, 1.54) is 11.1 Å². The smallest absolute Gasteiger partial charge is 0.232 e. The number of para-hydroxylation sites is 2. The number of aromatic amines is 1. The first-order chi connectivity index (χ1) is 13.2. The standard InChI is InChI=1S/C22H25N3OS/c1-16-8-10-17(11-9-16)14-27-15-21(26)25-12-4-5-18(13-25)22-23-19-6-2-3-7-20(19)24-22/h2-3,6-11,18H,4-5,12-15H2,1H3,(H,23,24). The molecule has 1 aromatic heterocycles. The molecule has 1 fully saturated rings. The lowest BCUT2D eigenvalue weighted by molar-refractivity contribution is -0.129. The predicted molar refractivity (Wildman–Crippen MR) is 112 cm³/mol. The van der Waals surface area contributed by atoms with Crippen LogP contribution in [0.1, 0.15) is 35.7 Å². The first kappa shape index (κ1) is 18.1. The van der Waals surface area contributed by atoms with Gasteiger partial charge in [0.25, 0.3) is 0 Å². The first-order valence-corrected chi connectivity index (χ1v) is 10.7. The molecule has 0 aliphatic carbocycles. The van der Waals surface area contributed by atoms with Crippen molar-refractivity contribution in [2.75, 3.05) is 18.8 Å². The highest BCUT2D eigenvalue weighted by Gasteiger charge is 2.26.